The van der Waals surface area contributed by atoms with Gasteiger partial charge in [-0.05, 0) is 0 Å². The number of methoxy groups -OCH3 is 2. The zero-order valence-electron chi connectivity index (χ0n) is 9.47. The first-order valence-electron chi connectivity index (χ1n) is 4.59. The molecule has 0 saturated heterocycles. The quantitative estimate of drug-likeness (QED) is 0.284. The molecule has 0 aromatic heterocycles. The lowest BCUT2D eigenvalue weighted by Gasteiger charge is -2.13. The van der Waals surface area contributed by atoms with E-state index in [4.69, 9.17) is 16.2 Å². The minimum Gasteiger partial charge on any atom is -0.500 e. The maximum absolute atomic E-state index is 11.0. The van der Waals surface area contributed by atoms with E-state index in [2.05, 4.69) is 11.3 Å². The lowest BCUT2D eigenvalue weighted by Crippen LogP contribution is -2.33. The van der Waals surface area contributed by atoms with E-state index in [1.807, 2.05) is 0 Å². The van der Waals surface area contributed by atoms with Crippen LogP contribution in [0.1, 0.15) is 0 Å². The van der Waals surface area contributed by atoms with Gasteiger partial charge in [0.05, 0.1) is 20.3 Å². The van der Waals surface area contributed by atoms with Gasteiger partial charge >= 0.3 is 5.97 Å². The number of carbonyl (C=O) groups excluding carboxylic acids is 1. The maximum atomic E-state index is 11.0. The predicted molar refractivity (Wildman–Crippen MR) is 69.0 cm³/mol. The molecule has 0 aliphatic heterocycles. The smallest absolute Gasteiger partial charge is 0.323 e. The van der Waals surface area contributed by atoms with Gasteiger partial charge in [0.25, 0.3) is 0 Å². The number of hydrogen-bond acceptors (Lipinski definition) is 7. The second-order valence-corrected chi connectivity index (χ2v) is 5.53. The molecule has 0 aromatic carbocycles. The third kappa shape index (κ3) is 6.26. The highest BCUT2D eigenvalue weighted by Crippen LogP contribution is 2.23. The van der Waals surface area contributed by atoms with Crippen molar-refractivity contribution >= 4 is 27.6 Å². The van der Waals surface area contributed by atoms with Gasteiger partial charge in [0.1, 0.15) is 11.8 Å². The summed E-state index contributed by atoms with van der Waals surface area (Å²) in [6.07, 6.45) is 0. The summed E-state index contributed by atoms with van der Waals surface area (Å²) in [5, 5.41) is 0. The van der Waals surface area contributed by atoms with Crippen molar-refractivity contribution < 1.29 is 14.3 Å². The summed E-state index contributed by atoms with van der Waals surface area (Å²) in [6.45, 7) is 3.66. The zero-order chi connectivity index (χ0) is 12.6. The van der Waals surface area contributed by atoms with Gasteiger partial charge < -0.3 is 20.9 Å². The first kappa shape index (κ1) is 15.6. The Morgan fingerprint density at radius 3 is 2.12 bits per heavy atom. The van der Waals surface area contributed by atoms with E-state index in [1.165, 1.54) is 35.8 Å². The van der Waals surface area contributed by atoms with Crippen molar-refractivity contribution in [1.82, 2.24) is 0 Å². The highest BCUT2D eigenvalue weighted by atomic mass is 33.1. The molecule has 0 rings (SSSR count). The van der Waals surface area contributed by atoms with Crippen molar-refractivity contribution in [3.05, 3.63) is 12.3 Å². The number of nitrogens with two attached hydrogens (primary N) is 2. The standard InChI is InChI=1S/C9H18N2O3S2/c1-6(13-2)7(10)4-15-16-5-8(11)9(12)14-3/h7-8H,1,4-5,10-11H2,2-3H3. The van der Waals surface area contributed by atoms with Gasteiger partial charge in [-0.2, -0.15) is 0 Å². The van der Waals surface area contributed by atoms with Gasteiger partial charge in [-0.3, -0.25) is 4.79 Å². The van der Waals surface area contributed by atoms with Crippen molar-refractivity contribution in [3.63, 3.8) is 0 Å². The third-order valence-electron chi connectivity index (χ3n) is 1.76. The molecule has 94 valence electrons. The number of rotatable bonds is 8. The molecule has 0 fully saturated rings. The Balaban J connectivity index is 3.60. The van der Waals surface area contributed by atoms with Crippen molar-refractivity contribution in [1.29, 1.82) is 0 Å². The van der Waals surface area contributed by atoms with Crippen LogP contribution in [-0.4, -0.2) is 43.8 Å². The van der Waals surface area contributed by atoms with Crippen molar-refractivity contribution in [2.75, 3.05) is 25.7 Å². The average molecular weight is 266 g/mol. The van der Waals surface area contributed by atoms with Crippen LogP contribution in [0, 0.1) is 0 Å². The molecule has 0 heterocycles. The molecule has 0 spiro atoms. The van der Waals surface area contributed by atoms with E-state index >= 15 is 0 Å². The van der Waals surface area contributed by atoms with E-state index in [1.54, 1.807) is 0 Å². The topological polar surface area (TPSA) is 87.6 Å². The molecule has 4 N–H and O–H groups in total. The molecular formula is C9H18N2O3S2. The number of ether oxygens (including phenoxy) is 2. The van der Waals surface area contributed by atoms with E-state index in [-0.39, 0.29) is 6.04 Å². The zero-order valence-corrected chi connectivity index (χ0v) is 11.1. The highest BCUT2D eigenvalue weighted by molar-refractivity contribution is 8.76. The third-order valence-corrected chi connectivity index (χ3v) is 4.23. The lowest BCUT2D eigenvalue weighted by atomic mass is 10.3. The Hall–Kier alpha value is -0.370. The SMILES string of the molecule is C=C(OC)C(N)CSSCC(N)C(=O)OC. The Kier molecular flexibility index (Phi) is 8.54. The Bertz CT molecular complexity index is 215. The molecule has 2 unspecified atom stereocenters. The summed E-state index contributed by atoms with van der Waals surface area (Å²) in [4.78, 5) is 11.0. The Labute approximate surface area is 104 Å². The molecule has 0 aliphatic rings. The van der Waals surface area contributed by atoms with Crippen molar-refractivity contribution in [2.45, 2.75) is 12.1 Å². The van der Waals surface area contributed by atoms with E-state index < -0.39 is 12.0 Å². The molecule has 0 amide bonds. The van der Waals surface area contributed by atoms with E-state index in [0.717, 1.165) is 0 Å². The molecule has 2 atom stereocenters. The first-order valence-corrected chi connectivity index (χ1v) is 7.07. The van der Waals surface area contributed by atoms with Crippen LogP contribution in [0.25, 0.3) is 0 Å². The van der Waals surface area contributed by atoms with E-state index in [0.29, 0.717) is 17.3 Å². The minimum atomic E-state index is -0.593. The molecule has 5 nitrogen and oxygen atoms in total. The summed E-state index contributed by atoms with van der Waals surface area (Å²) in [5.74, 6) is 1.29. The Morgan fingerprint density at radius 2 is 1.69 bits per heavy atom. The summed E-state index contributed by atoms with van der Waals surface area (Å²) in [5.41, 5.74) is 11.3. The monoisotopic (exact) mass is 266 g/mol. The molecule has 16 heavy (non-hydrogen) atoms. The van der Waals surface area contributed by atoms with Crippen LogP contribution in [0.2, 0.25) is 0 Å². The fourth-order valence-electron chi connectivity index (χ4n) is 0.707. The largest absolute Gasteiger partial charge is 0.500 e. The van der Waals surface area contributed by atoms with Gasteiger partial charge in [-0.15, -0.1) is 0 Å². The summed E-state index contributed by atoms with van der Waals surface area (Å²) in [6, 6.07) is -0.804. The predicted octanol–water partition coefficient (Wildman–Crippen LogP) is 0.356. The van der Waals surface area contributed by atoms with Gasteiger partial charge in [-0.25, -0.2) is 0 Å². The van der Waals surface area contributed by atoms with Crippen LogP contribution in [0.4, 0.5) is 0 Å². The molecule has 0 aliphatic carbocycles. The van der Waals surface area contributed by atoms with Gasteiger partial charge in [0.2, 0.25) is 0 Å². The number of carbonyl (C=O) groups is 1. The molecule has 7 heteroatoms. The van der Waals surface area contributed by atoms with Crippen LogP contribution < -0.4 is 11.5 Å². The van der Waals surface area contributed by atoms with E-state index in [9.17, 15) is 4.79 Å². The first-order chi connectivity index (χ1) is 7.52. The second kappa shape index (κ2) is 8.74. The molecule has 0 bridgehead atoms. The van der Waals surface area contributed by atoms with Gasteiger partial charge in [0, 0.05) is 11.5 Å². The number of hydrogen-bond donors (Lipinski definition) is 2. The van der Waals surface area contributed by atoms with Crippen LogP contribution in [0.15, 0.2) is 12.3 Å². The Morgan fingerprint density at radius 1 is 1.19 bits per heavy atom. The second-order valence-electron chi connectivity index (χ2n) is 2.98. The van der Waals surface area contributed by atoms with Crippen molar-refractivity contribution in [3.8, 4) is 0 Å². The fraction of sp³-hybridized carbons (Fsp3) is 0.667. The molecule has 0 aromatic rings. The van der Waals surface area contributed by atoms with Crippen molar-refractivity contribution in [2.24, 2.45) is 11.5 Å². The summed E-state index contributed by atoms with van der Waals surface area (Å²) in [7, 11) is 5.85. The van der Waals surface area contributed by atoms with Crippen LogP contribution in [-0.2, 0) is 14.3 Å². The van der Waals surface area contributed by atoms with Crippen LogP contribution >= 0.6 is 21.6 Å². The summed E-state index contributed by atoms with van der Waals surface area (Å²) < 4.78 is 9.41. The van der Waals surface area contributed by atoms with Gasteiger partial charge in [0.15, 0.2) is 0 Å². The summed E-state index contributed by atoms with van der Waals surface area (Å²) >= 11 is 0. The maximum Gasteiger partial charge on any atom is 0.323 e. The normalized spacial score (nSPS) is 14.0. The molecule has 0 saturated carbocycles. The number of esters is 1. The molecular weight excluding hydrogens is 248 g/mol. The molecule has 0 radical (unpaired) electrons. The minimum absolute atomic E-state index is 0.211. The van der Waals surface area contributed by atoms with Crippen LogP contribution in [0.5, 0.6) is 0 Å². The highest BCUT2D eigenvalue weighted by Gasteiger charge is 2.14. The average Bonchev–Trinajstić information content (AvgIpc) is 2.31. The van der Waals surface area contributed by atoms with Crippen LogP contribution in [0.3, 0.4) is 0 Å². The van der Waals surface area contributed by atoms with Gasteiger partial charge in [-0.1, -0.05) is 28.2 Å². The fourth-order valence-corrected chi connectivity index (χ4v) is 2.97. The lowest BCUT2D eigenvalue weighted by molar-refractivity contribution is -0.141.